The second-order valence-electron chi connectivity index (χ2n) is 17.1. The molecule has 5 saturated heterocycles. The van der Waals surface area contributed by atoms with Gasteiger partial charge in [0.05, 0.1) is 17.7 Å². The number of carbonyl (C=O) groups excluding carboxylic acids is 4. The van der Waals surface area contributed by atoms with Crippen molar-refractivity contribution in [2.75, 3.05) is 73.6 Å². The average molecular weight is 804 g/mol. The lowest BCUT2D eigenvalue weighted by Crippen LogP contribution is -2.54. The lowest BCUT2D eigenvalue weighted by molar-refractivity contribution is -0.136. The number of imide groups is 2. The highest BCUT2D eigenvalue weighted by molar-refractivity contribution is 6.33. The molecule has 0 saturated carbocycles. The molecular formula is C44H50ClN9O4. The van der Waals surface area contributed by atoms with Gasteiger partial charge in [0.25, 0.3) is 11.8 Å². The molecule has 4 amide bonds. The molecule has 2 aromatic carbocycles. The topological polar surface area (TPSA) is 117 Å². The zero-order chi connectivity index (χ0) is 40.1. The number of piperazine rings is 1. The Labute approximate surface area is 344 Å². The molecule has 0 radical (unpaired) electrons. The van der Waals surface area contributed by atoms with Crippen molar-refractivity contribution in [2.24, 2.45) is 5.41 Å². The molecule has 0 aliphatic carbocycles. The minimum atomic E-state index is -0.959. The zero-order valence-electron chi connectivity index (χ0n) is 33.0. The van der Waals surface area contributed by atoms with Crippen molar-refractivity contribution in [1.82, 2.24) is 25.0 Å². The molecule has 14 heteroatoms. The first kappa shape index (κ1) is 38.5. The maximum Gasteiger partial charge on any atom is 0.262 e. The maximum absolute atomic E-state index is 13.4. The van der Waals surface area contributed by atoms with Gasteiger partial charge in [-0.3, -0.25) is 39.2 Å². The Bertz CT molecular complexity index is 2150. The predicted octanol–water partition coefficient (Wildman–Crippen LogP) is 5.36. The van der Waals surface area contributed by atoms with Gasteiger partial charge in [-0.15, -0.1) is 0 Å². The molecule has 1 N–H and O–H groups in total. The fourth-order valence-electron chi connectivity index (χ4n) is 10.4. The fraction of sp³-hybridized carbons (Fsp3) is 0.500. The van der Waals surface area contributed by atoms with Crippen LogP contribution in [0, 0.1) is 12.0 Å². The van der Waals surface area contributed by atoms with Crippen molar-refractivity contribution in [3.05, 3.63) is 87.9 Å². The highest BCUT2D eigenvalue weighted by Crippen LogP contribution is 2.46. The molecule has 2 atom stereocenters. The molecule has 58 heavy (non-hydrogen) atoms. The van der Waals surface area contributed by atoms with Gasteiger partial charge in [-0.05, 0) is 106 Å². The number of likely N-dealkylation sites (tertiary alicyclic amines) is 1. The van der Waals surface area contributed by atoms with Gasteiger partial charge in [0.15, 0.2) is 0 Å². The number of rotatable bonds is 7. The van der Waals surface area contributed by atoms with Crippen LogP contribution in [0.15, 0.2) is 54.7 Å². The molecule has 9 rings (SSSR count). The van der Waals surface area contributed by atoms with Crippen LogP contribution in [0.4, 0.5) is 22.9 Å². The van der Waals surface area contributed by atoms with Crippen LogP contribution >= 0.6 is 11.6 Å². The number of halogens is 1. The van der Waals surface area contributed by atoms with Gasteiger partial charge in [-0.1, -0.05) is 23.7 Å². The number of benzene rings is 2. The number of hydrogen-bond donors (Lipinski definition) is 1. The summed E-state index contributed by atoms with van der Waals surface area (Å²) in [4.78, 5) is 72.4. The van der Waals surface area contributed by atoms with Gasteiger partial charge in [-0.2, -0.15) is 0 Å². The quantitative estimate of drug-likeness (QED) is 0.247. The molecule has 3 aromatic rings. The summed E-state index contributed by atoms with van der Waals surface area (Å²) in [5, 5.41) is 2.79. The predicted molar refractivity (Wildman–Crippen MR) is 222 cm³/mol. The van der Waals surface area contributed by atoms with E-state index in [1.54, 1.807) is 12.1 Å². The Hall–Kier alpha value is -5.03. The number of amides is 4. The van der Waals surface area contributed by atoms with Gasteiger partial charge in [0.2, 0.25) is 17.5 Å². The summed E-state index contributed by atoms with van der Waals surface area (Å²) in [5.41, 5.74) is 4.71. The molecule has 7 heterocycles. The van der Waals surface area contributed by atoms with E-state index in [4.69, 9.17) is 23.2 Å². The number of piperidine rings is 3. The second kappa shape index (κ2) is 15.6. The molecule has 302 valence electrons. The highest BCUT2D eigenvalue weighted by Gasteiger charge is 2.46. The minimum Gasteiger partial charge on any atom is -0.369 e. The van der Waals surface area contributed by atoms with E-state index in [-0.39, 0.29) is 24.2 Å². The first-order valence-corrected chi connectivity index (χ1v) is 21.2. The molecular weight excluding hydrogens is 754 g/mol. The van der Waals surface area contributed by atoms with Gasteiger partial charge in [0.1, 0.15) is 11.9 Å². The first-order chi connectivity index (χ1) is 28.1. The van der Waals surface area contributed by atoms with Crippen LogP contribution in [0.5, 0.6) is 0 Å². The van der Waals surface area contributed by atoms with E-state index < -0.39 is 23.8 Å². The minimum absolute atomic E-state index is 0.103. The third kappa shape index (κ3) is 7.31. The summed E-state index contributed by atoms with van der Waals surface area (Å²) in [6.07, 6.45) is 8.02. The summed E-state index contributed by atoms with van der Waals surface area (Å²) in [6.45, 7) is 19.2. The molecule has 13 nitrogen and oxygen atoms in total. The van der Waals surface area contributed by atoms with Crippen molar-refractivity contribution >= 4 is 58.1 Å². The lowest BCUT2D eigenvalue weighted by atomic mass is 9.77. The molecule has 6 aliphatic heterocycles. The number of anilines is 3. The van der Waals surface area contributed by atoms with Crippen molar-refractivity contribution in [1.29, 1.82) is 0 Å². The van der Waals surface area contributed by atoms with Crippen molar-refractivity contribution < 1.29 is 19.2 Å². The Morgan fingerprint density at radius 2 is 1.59 bits per heavy atom. The number of nitrogens with zero attached hydrogens (tertiary/aromatic N) is 8. The third-order valence-electron chi connectivity index (χ3n) is 13.7. The van der Waals surface area contributed by atoms with Crippen molar-refractivity contribution in [2.45, 2.75) is 76.5 Å². The van der Waals surface area contributed by atoms with Crippen LogP contribution in [-0.2, 0) is 16.1 Å². The van der Waals surface area contributed by atoms with Crippen molar-refractivity contribution in [3.63, 3.8) is 0 Å². The number of pyridine rings is 1. The van der Waals surface area contributed by atoms with E-state index >= 15 is 0 Å². The number of carbonyl (C=O) groups is 4. The number of nitrogens with one attached hydrogen (secondary N) is 1. The van der Waals surface area contributed by atoms with E-state index in [0.717, 1.165) is 113 Å². The Morgan fingerprint density at radius 1 is 0.845 bits per heavy atom. The number of fused-ring (bicyclic) bond motifs is 1. The Balaban J connectivity index is 0.720. The van der Waals surface area contributed by atoms with E-state index in [1.807, 2.05) is 24.3 Å². The summed E-state index contributed by atoms with van der Waals surface area (Å²) >= 11 is 6.39. The summed E-state index contributed by atoms with van der Waals surface area (Å²) < 4.78 is 0. The SMILES string of the molecule is [C-]#[N+]c1ccc(N2CC3(CCN(c4ccc(CN5CCC(N6CCN(c7ccc8c(c7)C(=O)N(C7CCC(=O)NC7=O)C8=O)CC6)CC5)cn4)CC3)C[C@@H]2C)cc1Cl. The number of hydrogen-bond acceptors (Lipinski definition) is 10. The largest absolute Gasteiger partial charge is 0.369 e. The smallest absolute Gasteiger partial charge is 0.262 e. The van der Waals surface area contributed by atoms with Crippen molar-refractivity contribution in [3.8, 4) is 0 Å². The molecule has 1 aromatic heterocycles. The van der Waals surface area contributed by atoms with Gasteiger partial charge in [0, 0.05) is 93.5 Å². The van der Waals surface area contributed by atoms with E-state index in [0.29, 0.717) is 33.9 Å². The van der Waals surface area contributed by atoms with Crippen LogP contribution in [0.25, 0.3) is 4.85 Å². The van der Waals surface area contributed by atoms with E-state index in [2.05, 4.69) is 59.9 Å². The van der Waals surface area contributed by atoms with Crippen LogP contribution in [0.3, 0.4) is 0 Å². The average Bonchev–Trinajstić information content (AvgIpc) is 3.69. The molecule has 5 fully saturated rings. The van der Waals surface area contributed by atoms with Crippen LogP contribution in [-0.4, -0.2) is 120 Å². The van der Waals surface area contributed by atoms with Crippen LogP contribution in [0.2, 0.25) is 5.02 Å². The van der Waals surface area contributed by atoms with Crippen LogP contribution < -0.4 is 20.0 Å². The van der Waals surface area contributed by atoms with E-state index in [1.165, 1.54) is 12.0 Å². The molecule has 1 spiro atoms. The van der Waals surface area contributed by atoms with E-state index in [9.17, 15) is 19.2 Å². The first-order valence-electron chi connectivity index (χ1n) is 20.8. The Morgan fingerprint density at radius 3 is 2.28 bits per heavy atom. The van der Waals surface area contributed by atoms with Gasteiger partial charge >= 0.3 is 0 Å². The molecule has 0 bridgehead atoms. The Kier molecular flexibility index (Phi) is 10.4. The third-order valence-corrected chi connectivity index (χ3v) is 14.0. The standard InChI is InChI=1S/C44H50ClN9O4/c1-29-25-44(28-53(29)33-5-7-37(46-2)36(45)24-33)13-17-52(18-14-44)39-9-3-30(26-47-39)27-49-15-11-31(12-16-49)50-19-21-51(22-20-50)32-4-6-34-35(23-32)43(58)54(42(34)57)38-8-10-40(55)48-41(38)56/h3-7,9,23-24,26,29,31,38H,8,10-22,25,27-28H2,1H3,(H,48,55,56)/t29-,38?/m0/s1. The number of aromatic nitrogens is 1. The second-order valence-corrected chi connectivity index (χ2v) is 17.6. The van der Waals surface area contributed by atoms with Gasteiger partial charge < -0.3 is 14.7 Å². The maximum atomic E-state index is 13.4. The molecule has 6 aliphatic rings. The summed E-state index contributed by atoms with van der Waals surface area (Å²) in [5.74, 6) is -0.853. The molecule has 1 unspecified atom stereocenters. The summed E-state index contributed by atoms with van der Waals surface area (Å²) in [7, 11) is 0. The summed E-state index contributed by atoms with van der Waals surface area (Å²) in [6, 6.07) is 15.7. The highest BCUT2D eigenvalue weighted by atomic mass is 35.5. The fourth-order valence-corrected chi connectivity index (χ4v) is 10.6. The van der Waals surface area contributed by atoms with Crippen LogP contribution in [0.1, 0.15) is 78.1 Å². The normalized spacial score (nSPS) is 24.4. The van der Waals surface area contributed by atoms with Gasteiger partial charge in [-0.25, -0.2) is 9.83 Å². The zero-order valence-corrected chi connectivity index (χ0v) is 33.8. The lowest BCUT2D eigenvalue weighted by Gasteiger charge is -2.43. The monoisotopic (exact) mass is 803 g/mol.